The van der Waals surface area contributed by atoms with Gasteiger partial charge in [0.2, 0.25) is 0 Å². The van der Waals surface area contributed by atoms with Crippen LogP contribution in [-0.4, -0.2) is 39.5 Å². The monoisotopic (exact) mass is 554 g/mol. The lowest BCUT2D eigenvalue weighted by atomic mass is 10.1. The molecule has 4 aromatic rings. The average Bonchev–Trinajstić information content (AvgIpc) is 2.92. The van der Waals surface area contributed by atoms with Gasteiger partial charge in [0.05, 0.1) is 34.2 Å². The van der Waals surface area contributed by atoms with Gasteiger partial charge in [0, 0.05) is 23.3 Å². The maximum Gasteiger partial charge on any atom is 0.416 e. The van der Waals surface area contributed by atoms with Gasteiger partial charge in [-0.3, -0.25) is 14.9 Å². The normalized spacial score (nSPS) is 12.4. The summed E-state index contributed by atoms with van der Waals surface area (Å²) in [5.74, 6) is -0.860. The fraction of sp³-hybridized carbons (Fsp3) is 0.185. The van der Waals surface area contributed by atoms with E-state index in [0.29, 0.717) is 0 Å². The van der Waals surface area contributed by atoms with Crippen LogP contribution in [0.2, 0.25) is 0 Å². The Kier molecular flexibility index (Phi) is 7.93. The van der Waals surface area contributed by atoms with Crippen LogP contribution in [0, 0.1) is 10.1 Å². The molecule has 1 heterocycles. The molecule has 10 nitrogen and oxygen atoms in total. The van der Waals surface area contributed by atoms with Crippen LogP contribution in [0.4, 0.5) is 18.9 Å². The zero-order valence-corrected chi connectivity index (χ0v) is 21.1. The number of esters is 1. The van der Waals surface area contributed by atoms with Crippen LogP contribution in [0.15, 0.2) is 76.6 Å². The number of hydrogen-bond acceptors (Lipinski definition) is 8. The Morgan fingerprint density at radius 2 is 1.90 bits per heavy atom. The minimum absolute atomic E-state index is 0.0114. The third-order valence-corrected chi connectivity index (χ3v) is 5.64. The third-order valence-electron chi connectivity index (χ3n) is 5.64. The van der Waals surface area contributed by atoms with Crippen molar-refractivity contribution < 1.29 is 32.4 Å². The van der Waals surface area contributed by atoms with E-state index in [-0.39, 0.29) is 45.9 Å². The predicted octanol–water partition coefficient (Wildman–Crippen LogP) is 5.20. The molecule has 0 fully saturated rings. The Hall–Kier alpha value is -5.07. The van der Waals surface area contributed by atoms with Crippen LogP contribution in [0.3, 0.4) is 0 Å². The summed E-state index contributed by atoms with van der Waals surface area (Å²) < 4.78 is 51.6. The molecule has 1 aromatic heterocycles. The molecule has 40 heavy (non-hydrogen) atoms. The molecule has 0 saturated heterocycles. The molecule has 0 bridgehead atoms. The number of aromatic nitrogens is 2. The third kappa shape index (κ3) is 5.98. The number of para-hydroxylation sites is 1. The van der Waals surface area contributed by atoms with Gasteiger partial charge >= 0.3 is 12.1 Å². The lowest BCUT2D eigenvalue weighted by Crippen LogP contribution is -2.26. The van der Waals surface area contributed by atoms with Crippen LogP contribution < -0.4 is 10.3 Å². The summed E-state index contributed by atoms with van der Waals surface area (Å²) in [7, 11) is 0. The van der Waals surface area contributed by atoms with Crippen LogP contribution in [0.25, 0.3) is 22.3 Å². The zero-order valence-electron chi connectivity index (χ0n) is 21.1. The topological polar surface area (TPSA) is 126 Å². The summed E-state index contributed by atoms with van der Waals surface area (Å²) in [6.07, 6.45) is -4.67. The number of carbonyl (C=O) groups excluding carboxylic acids is 1. The number of hydrogen-bond donors (Lipinski definition) is 0. The number of non-ortho nitro benzene ring substituents is 1. The van der Waals surface area contributed by atoms with E-state index in [2.05, 4.69) is 10.1 Å². The Morgan fingerprint density at radius 3 is 2.60 bits per heavy atom. The van der Waals surface area contributed by atoms with E-state index in [1.54, 1.807) is 19.1 Å². The SMILES string of the molecule is CCOC(=O)[C@H](C)Oc1ccc([N+](=O)[O-])cc1C=Nn1c(-c2cccc(C(F)(F)F)c2)nc2ccccc2c1=O. The van der Waals surface area contributed by atoms with E-state index in [4.69, 9.17) is 9.47 Å². The molecule has 0 spiro atoms. The van der Waals surface area contributed by atoms with Crippen molar-refractivity contribution in [1.29, 1.82) is 0 Å². The number of fused-ring (bicyclic) bond motifs is 1. The minimum Gasteiger partial charge on any atom is -0.478 e. The second kappa shape index (κ2) is 11.4. The first-order valence-electron chi connectivity index (χ1n) is 11.8. The van der Waals surface area contributed by atoms with E-state index in [1.165, 1.54) is 37.3 Å². The van der Waals surface area contributed by atoms with Crippen molar-refractivity contribution in [2.45, 2.75) is 26.1 Å². The lowest BCUT2D eigenvalue weighted by Gasteiger charge is -2.15. The highest BCUT2D eigenvalue weighted by molar-refractivity contribution is 5.86. The maximum atomic E-state index is 13.4. The molecule has 4 rings (SSSR count). The Labute approximate surface area is 224 Å². The molecule has 0 aliphatic rings. The minimum atomic E-state index is -4.65. The molecule has 13 heteroatoms. The van der Waals surface area contributed by atoms with Crippen LogP contribution in [0.5, 0.6) is 5.75 Å². The van der Waals surface area contributed by atoms with Gasteiger partial charge in [-0.2, -0.15) is 22.9 Å². The molecular formula is C27H21F3N4O6. The summed E-state index contributed by atoms with van der Waals surface area (Å²) in [5.41, 5.74) is -1.78. The number of alkyl halides is 3. The fourth-order valence-electron chi connectivity index (χ4n) is 3.73. The Morgan fingerprint density at radius 1 is 1.15 bits per heavy atom. The van der Waals surface area contributed by atoms with Gasteiger partial charge in [0.25, 0.3) is 11.2 Å². The number of carbonyl (C=O) groups is 1. The van der Waals surface area contributed by atoms with Gasteiger partial charge in [-0.05, 0) is 44.2 Å². The van der Waals surface area contributed by atoms with Crippen molar-refractivity contribution in [2.24, 2.45) is 5.10 Å². The first-order valence-corrected chi connectivity index (χ1v) is 11.8. The molecule has 0 aliphatic heterocycles. The number of halogens is 3. The summed E-state index contributed by atoms with van der Waals surface area (Å²) in [6, 6.07) is 14.0. The van der Waals surface area contributed by atoms with E-state index >= 15 is 0 Å². The van der Waals surface area contributed by atoms with Crippen molar-refractivity contribution in [1.82, 2.24) is 9.66 Å². The van der Waals surface area contributed by atoms with Gasteiger partial charge < -0.3 is 9.47 Å². The van der Waals surface area contributed by atoms with Gasteiger partial charge in [0.1, 0.15) is 5.75 Å². The number of ether oxygens (including phenoxy) is 2. The molecule has 0 N–H and O–H groups in total. The molecular weight excluding hydrogens is 533 g/mol. The van der Waals surface area contributed by atoms with Crippen molar-refractivity contribution in [3.63, 3.8) is 0 Å². The van der Waals surface area contributed by atoms with E-state index < -0.39 is 34.3 Å². The maximum absolute atomic E-state index is 13.4. The first kappa shape index (κ1) is 28.0. The number of rotatable bonds is 8. The first-order chi connectivity index (χ1) is 19.0. The molecule has 0 aliphatic carbocycles. The van der Waals surface area contributed by atoms with Gasteiger partial charge in [-0.1, -0.05) is 24.3 Å². The lowest BCUT2D eigenvalue weighted by molar-refractivity contribution is -0.384. The second-order valence-corrected chi connectivity index (χ2v) is 8.38. The summed E-state index contributed by atoms with van der Waals surface area (Å²) in [6.45, 7) is 3.15. The van der Waals surface area contributed by atoms with Gasteiger partial charge in [0.15, 0.2) is 11.9 Å². The number of nitro benzene ring substituents is 1. The van der Waals surface area contributed by atoms with E-state index in [1.807, 2.05) is 0 Å². The standard InChI is InChI=1S/C27H21F3N4O6/c1-3-39-26(36)16(2)40-23-12-11-20(34(37)38)14-18(23)15-31-33-24(17-7-6-8-19(13-17)27(28,29)30)32-22-10-5-4-9-21(22)25(33)35/h4-16H,3H2,1-2H3/t16-/m0/s1. The van der Waals surface area contributed by atoms with Gasteiger partial charge in [-0.15, -0.1) is 0 Å². The second-order valence-electron chi connectivity index (χ2n) is 8.38. The van der Waals surface area contributed by atoms with Crippen molar-refractivity contribution in [3.8, 4) is 17.1 Å². The molecule has 0 radical (unpaired) electrons. The average molecular weight is 554 g/mol. The van der Waals surface area contributed by atoms with Crippen LogP contribution in [-0.2, 0) is 15.7 Å². The van der Waals surface area contributed by atoms with Gasteiger partial charge in [-0.25, -0.2) is 9.78 Å². The van der Waals surface area contributed by atoms with Crippen molar-refractivity contribution in [3.05, 3.63) is 98.3 Å². The number of nitro groups is 1. The van der Waals surface area contributed by atoms with E-state index in [0.717, 1.165) is 35.2 Å². The summed E-state index contributed by atoms with van der Waals surface area (Å²) >= 11 is 0. The highest BCUT2D eigenvalue weighted by Crippen LogP contribution is 2.32. The number of benzene rings is 3. The molecule has 1 atom stereocenters. The quantitative estimate of drug-likeness (QED) is 0.127. The largest absolute Gasteiger partial charge is 0.478 e. The zero-order chi connectivity index (χ0) is 29.0. The van der Waals surface area contributed by atoms with Crippen LogP contribution >= 0.6 is 0 Å². The van der Waals surface area contributed by atoms with Crippen molar-refractivity contribution in [2.75, 3.05) is 6.61 Å². The van der Waals surface area contributed by atoms with Crippen LogP contribution in [0.1, 0.15) is 25.0 Å². The molecule has 0 amide bonds. The Balaban J connectivity index is 1.88. The summed E-state index contributed by atoms with van der Waals surface area (Å²) in [5, 5.41) is 15.7. The Bertz CT molecular complexity index is 1680. The predicted molar refractivity (Wildman–Crippen MR) is 139 cm³/mol. The molecule has 206 valence electrons. The smallest absolute Gasteiger partial charge is 0.416 e. The van der Waals surface area contributed by atoms with E-state index in [9.17, 15) is 32.9 Å². The summed E-state index contributed by atoms with van der Waals surface area (Å²) in [4.78, 5) is 40.6. The van der Waals surface area contributed by atoms with Crippen molar-refractivity contribution >= 4 is 28.8 Å². The fourth-order valence-corrected chi connectivity index (χ4v) is 3.73. The highest BCUT2D eigenvalue weighted by atomic mass is 19.4. The molecule has 0 saturated carbocycles. The highest BCUT2D eigenvalue weighted by Gasteiger charge is 2.31. The molecule has 0 unspecified atom stereocenters. The number of nitrogens with zero attached hydrogens (tertiary/aromatic N) is 4. The molecule has 3 aromatic carbocycles.